The first-order valence-corrected chi connectivity index (χ1v) is 6.30. The lowest BCUT2D eigenvalue weighted by atomic mass is 9.69. The summed E-state index contributed by atoms with van der Waals surface area (Å²) in [7, 11) is 0. The van der Waals surface area contributed by atoms with Crippen LogP contribution in [0.15, 0.2) is 0 Å². The van der Waals surface area contributed by atoms with Crippen molar-refractivity contribution in [2.24, 2.45) is 11.3 Å². The molecule has 0 aromatic rings. The van der Waals surface area contributed by atoms with Gasteiger partial charge in [-0.1, -0.05) is 12.8 Å². The topological polar surface area (TPSA) is 0 Å². The van der Waals surface area contributed by atoms with Crippen LogP contribution in [0.2, 0.25) is 0 Å². The lowest BCUT2D eigenvalue weighted by molar-refractivity contribution is 0.154. The molecule has 2 aliphatic rings. The molecule has 13 heavy (non-hydrogen) atoms. The van der Waals surface area contributed by atoms with Crippen molar-refractivity contribution < 1.29 is 0 Å². The molecule has 0 bridgehead atoms. The Balaban J connectivity index is 1.88. The molecule has 1 heteroatoms. The zero-order chi connectivity index (χ0) is 9.31. The largest absolute Gasteiger partial charge is 0.123 e. The monoisotopic (exact) mass is 200 g/mol. The molecular weight excluding hydrogens is 180 g/mol. The second-order valence-electron chi connectivity index (χ2n) is 5.22. The molecule has 0 N–H and O–H groups in total. The van der Waals surface area contributed by atoms with E-state index in [0.29, 0.717) is 5.38 Å². The summed E-state index contributed by atoms with van der Waals surface area (Å²) >= 11 is 6.15. The molecule has 0 aliphatic heterocycles. The fourth-order valence-electron chi connectivity index (χ4n) is 3.34. The van der Waals surface area contributed by atoms with Gasteiger partial charge in [-0.15, -0.1) is 11.6 Å². The first-order chi connectivity index (χ1) is 6.22. The molecule has 1 atom stereocenters. The minimum absolute atomic E-state index is 0.402. The van der Waals surface area contributed by atoms with Gasteiger partial charge in [-0.2, -0.15) is 0 Å². The van der Waals surface area contributed by atoms with E-state index in [1.54, 1.807) is 0 Å². The van der Waals surface area contributed by atoms with Gasteiger partial charge in [-0.25, -0.2) is 0 Å². The van der Waals surface area contributed by atoms with Crippen molar-refractivity contribution in [2.45, 2.75) is 63.7 Å². The summed E-state index contributed by atoms with van der Waals surface area (Å²) < 4.78 is 0. The van der Waals surface area contributed by atoms with E-state index in [9.17, 15) is 0 Å². The van der Waals surface area contributed by atoms with Gasteiger partial charge in [0.2, 0.25) is 0 Å². The van der Waals surface area contributed by atoms with Crippen molar-refractivity contribution in [1.82, 2.24) is 0 Å². The van der Waals surface area contributed by atoms with Crippen LogP contribution in [0.4, 0.5) is 0 Å². The second-order valence-corrected chi connectivity index (χ2v) is 5.91. The van der Waals surface area contributed by atoms with Crippen LogP contribution in [0.3, 0.4) is 0 Å². The molecule has 0 nitrogen and oxygen atoms in total. The molecule has 0 saturated heterocycles. The maximum absolute atomic E-state index is 6.15. The van der Waals surface area contributed by atoms with Gasteiger partial charge in [-0.3, -0.25) is 0 Å². The van der Waals surface area contributed by atoms with Crippen molar-refractivity contribution in [3.05, 3.63) is 0 Å². The molecule has 76 valence electrons. The molecule has 0 radical (unpaired) electrons. The molecule has 2 fully saturated rings. The third-order valence-electron chi connectivity index (χ3n) is 4.40. The number of hydrogen-bond acceptors (Lipinski definition) is 0. The van der Waals surface area contributed by atoms with Gasteiger partial charge in [-0.05, 0) is 56.8 Å². The summed E-state index contributed by atoms with van der Waals surface area (Å²) in [4.78, 5) is 0. The average Bonchev–Trinajstić information content (AvgIpc) is 2.54. The minimum atomic E-state index is 0.402. The van der Waals surface area contributed by atoms with Gasteiger partial charge in [0.1, 0.15) is 0 Å². The molecule has 1 spiro atoms. The van der Waals surface area contributed by atoms with E-state index in [-0.39, 0.29) is 0 Å². The summed E-state index contributed by atoms with van der Waals surface area (Å²) in [5.41, 5.74) is 0.780. The van der Waals surface area contributed by atoms with Gasteiger partial charge in [0.25, 0.3) is 0 Å². The van der Waals surface area contributed by atoms with Crippen LogP contribution < -0.4 is 0 Å². The molecule has 2 aliphatic carbocycles. The highest BCUT2D eigenvalue weighted by atomic mass is 35.5. The third-order valence-corrected chi connectivity index (χ3v) is 4.76. The minimum Gasteiger partial charge on any atom is -0.123 e. The third kappa shape index (κ3) is 2.03. The van der Waals surface area contributed by atoms with Crippen molar-refractivity contribution >= 4 is 11.6 Å². The zero-order valence-corrected chi connectivity index (χ0v) is 9.45. The van der Waals surface area contributed by atoms with Crippen LogP contribution in [0.25, 0.3) is 0 Å². The Kier molecular flexibility index (Phi) is 2.88. The summed E-state index contributed by atoms with van der Waals surface area (Å²) in [6, 6.07) is 0. The molecule has 0 aromatic heterocycles. The van der Waals surface area contributed by atoms with Crippen LogP contribution in [-0.4, -0.2) is 5.38 Å². The highest BCUT2D eigenvalue weighted by molar-refractivity contribution is 6.20. The zero-order valence-electron chi connectivity index (χ0n) is 8.69. The summed E-state index contributed by atoms with van der Waals surface area (Å²) in [6.45, 7) is 2.17. The lowest BCUT2D eigenvalue weighted by Gasteiger charge is -2.38. The maximum Gasteiger partial charge on any atom is 0.0336 e. The van der Waals surface area contributed by atoms with E-state index in [4.69, 9.17) is 11.6 Å². The van der Waals surface area contributed by atoms with Crippen molar-refractivity contribution in [3.8, 4) is 0 Å². The lowest BCUT2D eigenvalue weighted by Crippen LogP contribution is -2.27. The Bertz CT molecular complexity index is 158. The fourth-order valence-corrected chi connectivity index (χ4v) is 3.59. The van der Waals surface area contributed by atoms with Crippen molar-refractivity contribution in [1.29, 1.82) is 0 Å². The van der Waals surface area contributed by atoms with Gasteiger partial charge in [0.15, 0.2) is 0 Å². The van der Waals surface area contributed by atoms with Gasteiger partial charge < -0.3 is 0 Å². The van der Waals surface area contributed by atoms with E-state index in [2.05, 4.69) is 6.92 Å². The van der Waals surface area contributed by atoms with E-state index in [1.165, 1.54) is 51.4 Å². The average molecular weight is 201 g/mol. The number of halogens is 1. The fraction of sp³-hybridized carbons (Fsp3) is 1.00. The van der Waals surface area contributed by atoms with Crippen molar-refractivity contribution in [3.63, 3.8) is 0 Å². The normalized spacial score (nSPS) is 30.9. The Morgan fingerprint density at radius 1 is 1.08 bits per heavy atom. The van der Waals surface area contributed by atoms with Crippen LogP contribution in [0.5, 0.6) is 0 Å². The van der Waals surface area contributed by atoms with Crippen LogP contribution in [-0.2, 0) is 0 Å². The van der Waals surface area contributed by atoms with Crippen LogP contribution in [0, 0.1) is 11.3 Å². The van der Waals surface area contributed by atoms with Gasteiger partial charge in [0, 0.05) is 5.38 Å². The maximum atomic E-state index is 6.15. The molecule has 0 aromatic carbocycles. The standard InChI is InChI=1S/C12H21Cl/c1-10(13)11-4-8-12(9-5-11)6-2-3-7-12/h10-11H,2-9H2,1H3. The summed E-state index contributed by atoms with van der Waals surface area (Å²) in [5.74, 6) is 0.813. The van der Waals surface area contributed by atoms with Gasteiger partial charge >= 0.3 is 0 Å². The highest BCUT2D eigenvalue weighted by Gasteiger charge is 2.38. The van der Waals surface area contributed by atoms with Crippen LogP contribution in [0.1, 0.15) is 58.3 Å². The van der Waals surface area contributed by atoms with E-state index < -0.39 is 0 Å². The highest BCUT2D eigenvalue weighted by Crippen LogP contribution is 2.50. The van der Waals surface area contributed by atoms with Crippen molar-refractivity contribution in [2.75, 3.05) is 0 Å². The predicted molar refractivity (Wildman–Crippen MR) is 58.2 cm³/mol. The van der Waals surface area contributed by atoms with E-state index >= 15 is 0 Å². The Morgan fingerprint density at radius 2 is 1.62 bits per heavy atom. The van der Waals surface area contributed by atoms with E-state index in [1.807, 2.05) is 0 Å². The molecule has 0 amide bonds. The van der Waals surface area contributed by atoms with Gasteiger partial charge in [0.05, 0.1) is 0 Å². The quantitative estimate of drug-likeness (QED) is 0.552. The van der Waals surface area contributed by atoms with Crippen LogP contribution >= 0.6 is 11.6 Å². The first kappa shape index (κ1) is 9.83. The second kappa shape index (κ2) is 3.81. The Labute approximate surface area is 87.0 Å². The number of hydrogen-bond donors (Lipinski definition) is 0. The molecule has 2 rings (SSSR count). The summed E-state index contributed by atoms with van der Waals surface area (Å²) in [5, 5.41) is 0.402. The molecule has 0 heterocycles. The number of alkyl halides is 1. The predicted octanol–water partition coefficient (Wildman–Crippen LogP) is 4.36. The molecule has 1 unspecified atom stereocenters. The smallest absolute Gasteiger partial charge is 0.0336 e. The Morgan fingerprint density at radius 3 is 2.08 bits per heavy atom. The Hall–Kier alpha value is 0.290. The molecule has 2 saturated carbocycles. The van der Waals surface area contributed by atoms with E-state index in [0.717, 1.165) is 11.3 Å². The SMILES string of the molecule is CC(Cl)C1CCC2(CCCC2)CC1. The first-order valence-electron chi connectivity index (χ1n) is 5.86. The number of rotatable bonds is 1. The summed E-state index contributed by atoms with van der Waals surface area (Å²) in [6.07, 6.45) is 11.7. The molecular formula is C12H21Cl.